The zero-order chi connectivity index (χ0) is 17.3. The van der Waals surface area contributed by atoms with Crippen molar-refractivity contribution in [3.8, 4) is 17.2 Å². The van der Waals surface area contributed by atoms with E-state index in [-0.39, 0.29) is 0 Å². The molecular formula is C20H21NO3. The third-order valence-corrected chi connectivity index (χ3v) is 4.25. The van der Waals surface area contributed by atoms with Gasteiger partial charge < -0.3 is 18.8 Å². The van der Waals surface area contributed by atoms with E-state index < -0.39 is 0 Å². The number of aromatic nitrogens is 1. The molecule has 0 aliphatic carbocycles. The maximum Gasteiger partial charge on any atom is 0.203 e. The van der Waals surface area contributed by atoms with Crippen molar-refractivity contribution in [1.29, 1.82) is 0 Å². The summed E-state index contributed by atoms with van der Waals surface area (Å²) in [6.45, 7) is 4.26. The number of aryl methyl sites for hydroxylation is 1. The Hall–Kier alpha value is -2.88. The topological polar surface area (TPSA) is 32.6 Å². The highest BCUT2D eigenvalue weighted by Gasteiger charge is 2.15. The van der Waals surface area contributed by atoms with Crippen molar-refractivity contribution < 1.29 is 14.2 Å². The highest BCUT2D eigenvalue weighted by Crippen LogP contribution is 2.40. The fourth-order valence-electron chi connectivity index (χ4n) is 2.89. The molecule has 0 amide bonds. The highest BCUT2D eigenvalue weighted by molar-refractivity contribution is 5.88. The van der Waals surface area contributed by atoms with Crippen LogP contribution in [0, 0.1) is 0 Å². The summed E-state index contributed by atoms with van der Waals surface area (Å²) in [5, 5.41) is 1.18. The standard InChI is InChI=1S/C20H21NO3/c1-13(14-6-7-17-15(10-14)8-9-21(17)2)16-11-18(22-3)20(24-5)19(12-16)23-4/h6-12H,1H2,2-5H3. The predicted molar refractivity (Wildman–Crippen MR) is 97.2 cm³/mol. The molecule has 0 saturated heterocycles. The molecule has 0 bridgehead atoms. The first kappa shape index (κ1) is 16.0. The fourth-order valence-corrected chi connectivity index (χ4v) is 2.89. The number of methoxy groups -OCH3 is 3. The molecule has 24 heavy (non-hydrogen) atoms. The number of nitrogens with zero attached hydrogens (tertiary/aromatic N) is 1. The van der Waals surface area contributed by atoms with Gasteiger partial charge in [0.2, 0.25) is 5.75 Å². The van der Waals surface area contributed by atoms with Gasteiger partial charge in [-0.05, 0) is 47.0 Å². The maximum absolute atomic E-state index is 5.43. The Morgan fingerprint density at radius 3 is 2.12 bits per heavy atom. The van der Waals surface area contributed by atoms with E-state index in [0.29, 0.717) is 17.2 Å². The number of fused-ring (bicyclic) bond motifs is 1. The van der Waals surface area contributed by atoms with Gasteiger partial charge in [0.05, 0.1) is 21.3 Å². The van der Waals surface area contributed by atoms with Gasteiger partial charge in [-0.1, -0.05) is 12.6 Å². The zero-order valence-corrected chi connectivity index (χ0v) is 14.4. The minimum absolute atomic E-state index is 0.579. The van der Waals surface area contributed by atoms with Gasteiger partial charge in [0.15, 0.2) is 11.5 Å². The first-order valence-corrected chi connectivity index (χ1v) is 7.63. The minimum Gasteiger partial charge on any atom is -0.493 e. The van der Waals surface area contributed by atoms with Gasteiger partial charge in [-0.3, -0.25) is 0 Å². The average Bonchev–Trinajstić information content (AvgIpc) is 3.00. The molecule has 4 heteroatoms. The molecule has 0 saturated carbocycles. The Balaban J connectivity index is 2.07. The van der Waals surface area contributed by atoms with Gasteiger partial charge in [-0.15, -0.1) is 0 Å². The Morgan fingerprint density at radius 1 is 0.875 bits per heavy atom. The molecule has 3 aromatic rings. The molecule has 0 aliphatic heterocycles. The first-order chi connectivity index (χ1) is 11.6. The quantitative estimate of drug-likeness (QED) is 0.703. The van der Waals surface area contributed by atoms with Gasteiger partial charge in [-0.2, -0.15) is 0 Å². The lowest BCUT2D eigenvalue weighted by molar-refractivity contribution is 0.324. The van der Waals surface area contributed by atoms with Crippen LogP contribution in [0.2, 0.25) is 0 Å². The molecule has 0 aliphatic rings. The SMILES string of the molecule is C=C(c1cc(OC)c(OC)c(OC)c1)c1ccc2c(ccn2C)c1. The van der Waals surface area contributed by atoms with Crippen molar-refractivity contribution in [2.45, 2.75) is 0 Å². The lowest BCUT2D eigenvalue weighted by atomic mass is 9.98. The summed E-state index contributed by atoms with van der Waals surface area (Å²) in [7, 11) is 6.86. The molecule has 4 nitrogen and oxygen atoms in total. The van der Waals surface area contributed by atoms with Gasteiger partial charge in [0, 0.05) is 24.1 Å². The largest absolute Gasteiger partial charge is 0.493 e. The molecule has 2 aromatic carbocycles. The zero-order valence-electron chi connectivity index (χ0n) is 14.4. The Morgan fingerprint density at radius 2 is 1.54 bits per heavy atom. The van der Waals surface area contributed by atoms with Crippen LogP contribution in [0.5, 0.6) is 17.2 Å². The molecule has 0 radical (unpaired) electrons. The van der Waals surface area contributed by atoms with Crippen molar-refractivity contribution in [1.82, 2.24) is 4.57 Å². The smallest absolute Gasteiger partial charge is 0.203 e. The molecule has 0 N–H and O–H groups in total. The van der Waals surface area contributed by atoms with Gasteiger partial charge in [0.1, 0.15) is 0 Å². The fraction of sp³-hybridized carbons (Fsp3) is 0.200. The van der Waals surface area contributed by atoms with Crippen LogP contribution in [0.4, 0.5) is 0 Å². The number of ether oxygens (including phenoxy) is 3. The van der Waals surface area contributed by atoms with Crippen molar-refractivity contribution >= 4 is 16.5 Å². The molecule has 3 rings (SSSR count). The van der Waals surface area contributed by atoms with E-state index in [0.717, 1.165) is 16.7 Å². The summed E-state index contributed by atoms with van der Waals surface area (Å²) < 4.78 is 18.3. The van der Waals surface area contributed by atoms with Crippen LogP contribution in [-0.4, -0.2) is 25.9 Å². The second-order valence-corrected chi connectivity index (χ2v) is 5.59. The van der Waals surface area contributed by atoms with E-state index in [2.05, 4.69) is 41.6 Å². The third-order valence-electron chi connectivity index (χ3n) is 4.25. The molecule has 0 atom stereocenters. The number of rotatable bonds is 5. The van der Waals surface area contributed by atoms with E-state index >= 15 is 0 Å². The number of hydrogen-bond donors (Lipinski definition) is 0. The lowest BCUT2D eigenvalue weighted by Crippen LogP contribution is -1.97. The summed E-state index contributed by atoms with van der Waals surface area (Å²) in [6.07, 6.45) is 2.05. The molecule has 1 heterocycles. The molecular weight excluding hydrogens is 302 g/mol. The van der Waals surface area contributed by atoms with Crippen LogP contribution in [0.3, 0.4) is 0 Å². The van der Waals surface area contributed by atoms with E-state index in [1.807, 2.05) is 19.2 Å². The van der Waals surface area contributed by atoms with Crippen LogP contribution in [0.1, 0.15) is 11.1 Å². The summed E-state index contributed by atoms with van der Waals surface area (Å²) in [5.74, 6) is 1.82. The molecule has 1 aromatic heterocycles. The second-order valence-electron chi connectivity index (χ2n) is 5.59. The first-order valence-electron chi connectivity index (χ1n) is 7.63. The van der Waals surface area contributed by atoms with Crippen molar-refractivity contribution in [3.63, 3.8) is 0 Å². The van der Waals surface area contributed by atoms with Crippen LogP contribution in [-0.2, 0) is 7.05 Å². The van der Waals surface area contributed by atoms with Crippen LogP contribution in [0.15, 0.2) is 49.2 Å². The Bertz CT molecular complexity index is 883. The lowest BCUT2D eigenvalue weighted by Gasteiger charge is -2.15. The summed E-state index contributed by atoms with van der Waals surface area (Å²) >= 11 is 0. The molecule has 0 unspecified atom stereocenters. The summed E-state index contributed by atoms with van der Waals surface area (Å²) in [5.41, 5.74) is 4.08. The highest BCUT2D eigenvalue weighted by atomic mass is 16.5. The number of benzene rings is 2. The van der Waals surface area contributed by atoms with Gasteiger partial charge in [-0.25, -0.2) is 0 Å². The maximum atomic E-state index is 5.43. The van der Waals surface area contributed by atoms with Crippen LogP contribution < -0.4 is 14.2 Å². The van der Waals surface area contributed by atoms with E-state index in [9.17, 15) is 0 Å². The van der Waals surface area contributed by atoms with Crippen molar-refractivity contribution in [3.05, 3.63) is 60.3 Å². The second kappa shape index (κ2) is 6.32. The van der Waals surface area contributed by atoms with E-state index in [1.54, 1.807) is 21.3 Å². The normalized spacial score (nSPS) is 10.7. The summed E-state index contributed by atoms with van der Waals surface area (Å²) in [6, 6.07) is 12.3. The monoisotopic (exact) mass is 323 g/mol. The summed E-state index contributed by atoms with van der Waals surface area (Å²) in [4.78, 5) is 0. The van der Waals surface area contributed by atoms with Gasteiger partial charge >= 0.3 is 0 Å². The van der Waals surface area contributed by atoms with Gasteiger partial charge in [0.25, 0.3) is 0 Å². The van der Waals surface area contributed by atoms with E-state index in [4.69, 9.17) is 14.2 Å². The Labute approximate surface area is 141 Å². The van der Waals surface area contributed by atoms with Crippen molar-refractivity contribution in [2.24, 2.45) is 7.05 Å². The van der Waals surface area contributed by atoms with Crippen LogP contribution in [0.25, 0.3) is 16.5 Å². The predicted octanol–water partition coefficient (Wildman–Crippen LogP) is 4.27. The molecule has 0 spiro atoms. The molecule has 124 valence electrons. The Kier molecular flexibility index (Phi) is 4.21. The molecule has 0 fully saturated rings. The minimum atomic E-state index is 0.579. The van der Waals surface area contributed by atoms with E-state index in [1.165, 1.54) is 10.9 Å². The van der Waals surface area contributed by atoms with Crippen LogP contribution >= 0.6 is 0 Å². The third kappa shape index (κ3) is 2.60. The van der Waals surface area contributed by atoms with Crippen molar-refractivity contribution in [2.75, 3.05) is 21.3 Å². The average molecular weight is 323 g/mol. The number of hydrogen-bond acceptors (Lipinski definition) is 3.